The summed E-state index contributed by atoms with van der Waals surface area (Å²) >= 11 is 0. The highest BCUT2D eigenvalue weighted by atomic mass is 16.2. The highest BCUT2D eigenvalue weighted by Gasteiger charge is 2.59. The summed E-state index contributed by atoms with van der Waals surface area (Å²) in [6.45, 7) is 3.92. The zero-order valence-electron chi connectivity index (χ0n) is 6.79. The van der Waals surface area contributed by atoms with Crippen LogP contribution in [-0.4, -0.2) is 29.9 Å². The molecule has 1 saturated carbocycles. The molecule has 2 N–H and O–H groups in total. The highest BCUT2D eigenvalue weighted by molar-refractivity contribution is 5.86. The van der Waals surface area contributed by atoms with Gasteiger partial charge in [-0.05, 0) is 6.42 Å². The molecule has 0 spiro atoms. The number of piperidine rings is 1. The van der Waals surface area contributed by atoms with Crippen molar-refractivity contribution in [3.05, 3.63) is 0 Å². The molecule has 11 heavy (non-hydrogen) atoms. The van der Waals surface area contributed by atoms with Crippen molar-refractivity contribution in [3.63, 3.8) is 0 Å². The van der Waals surface area contributed by atoms with Gasteiger partial charge in [-0.15, -0.1) is 0 Å². The van der Waals surface area contributed by atoms with Gasteiger partial charge in [-0.3, -0.25) is 4.79 Å². The number of carbonyl (C=O) groups is 1. The second-order valence-electron chi connectivity index (χ2n) is 3.55. The largest absolute Gasteiger partial charge is 0.342 e. The topological polar surface area (TPSA) is 46.3 Å². The van der Waals surface area contributed by atoms with Crippen LogP contribution in [0.4, 0.5) is 0 Å². The Labute approximate surface area is 66.5 Å². The Morgan fingerprint density at radius 3 is 2.91 bits per heavy atom. The maximum atomic E-state index is 11.4. The van der Waals surface area contributed by atoms with Crippen molar-refractivity contribution in [1.82, 2.24) is 4.90 Å². The normalized spacial score (nSPS) is 41.1. The summed E-state index contributed by atoms with van der Waals surface area (Å²) in [7, 11) is 0. The molecule has 3 atom stereocenters. The lowest BCUT2D eigenvalue weighted by molar-refractivity contribution is -0.130. The Bertz CT molecular complexity index is 193. The number of likely N-dealkylation sites (tertiary alicyclic amines) is 1. The Morgan fingerprint density at radius 1 is 1.73 bits per heavy atom. The van der Waals surface area contributed by atoms with Gasteiger partial charge in [0, 0.05) is 25.0 Å². The number of hydrogen-bond donors (Lipinski definition) is 1. The molecule has 0 aromatic rings. The smallest absolute Gasteiger partial charge is 0.227 e. The average molecular weight is 154 g/mol. The van der Waals surface area contributed by atoms with Crippen LogP contribution in [0.2, 0.25) is 0 Å². The number of nitrogens with zero attached hydrogens (tertiary/aromatic N) is 1. The molecule has 1 aliphatic carbocycles. The van der Waals surface area contributed by atoms with Crippen LogP contribution < -0.4 is 5.73 Å². The molecule has 1 amide bonds. The number of hydrogen-bond acceptors (Lipinski definition) is 2. The fourth-order valence-electron chi connectivity index (χ4n) is 2.01. The van der Waals surface area contributed by atoms with E-state index in [1.165, 1.54) is 0 Å². The second kappa shape index (κ2) is 2.21. The number of amides is 1. The molecule has 0 aromatic heterocycles. The first-order valence-corrected chi connectivity index (χ1v) is 4.30. The van der Waals surface area contributed by atoms with Gasteiger partial charge in [-0.25, -0.2) is 0 Å². The molecule has 0 bridgehead atoms. The van der Waals surface area contributed by atoms with Crippen LogP contribution >= 0.6 is 0 Å². The molecule has 0 radical (unpaired) electrons. The van der Waals surface area contributed by atoms with Crippen LogP contribution in [-0.2, 0) is 4.79 Å². The molecular weight excluding hydrogens is 140 g/mol. The Morgan fingerprint density at radius 2 is 2.45 bits per heavy atom. The molecule has 1 aliphatic heterocycles. The molecule has 0 aromatic carbocycles. The minimum atomic E-state index is 0.190. The summed E-state index contributed by atoms with van der Waals surface area (Å²) in [5.41, 5.74) is 5.67. The van der Waals surface area contributed by atoms with E-state index < -0.39 is 0 Å². The predicted molar refractivity (Wildman–Crippen MR) is 41.8 cm³/mol. The van der Waals surface area contributed by atoms with E-state index in [9.17, 15) is 4.79 Å². The van der Waals surface area contributed by atoms with E-state index in [-0.39, 0.29) is 12.0 Å². The van der Waals surface area contributed by atoms with Crippen LogP contribution in [0.25, 0.3) is 0 Å². The van der Waals surface area contributed by atoms with Gasteiger partial charge >= 0.3 is 0 Å². The van der Waals surface area contributed by atoms with Gasteiger partial charge < -0.3 is 10.6 Å². The Kier molecular flexibility index (Phi) is 1.42. The first-order valence-electron chi connectivity index (χ1n) is 4.30. The zero-order valence-corrected chi connectivity index (χ0v) is 6.79. The summed E-state index contributed by atoms with van der Waals surface area (Å²) in [5, 5.41) is 0. The molecule has 1 saturated heterocycles. The third kappa shape index (κ3) is 0.872. The van der Waals surface area contributed by atoms with Crippen molar-refractivity contribution in [2.75, 3.05) is 13.1 Å². The molecule has 2 aliphatic rings. The summed E-state index contributed by atoms with van der Waals surface area (Å²) in [4.78, 5) is 13.3. The van der Waals surface area contributed by atoms with Crippen LogP contribution in [0.5, 0.6) is 0 Å². The van der Waals surface area contributed by atoms with Crippen molar-refractivity contribution in [1.29, 1.82) is 0 Å². The molecule has 1 heterocycles. The summed E-state index contributed by atoms with van der Waals surface area (Å²) in [5.74, 6) is 0.986. The lowest BCUT2D eigenvalue weighted by Gasteiger charge is -2.17. The lowest BCUT2D eigenvalue weighted by Crippen LogP contribution is -2.33. The van der Waals surface area contributed by atoms with Gasteiger partial charge in [0.15, 0.2) is 0 Å². The van der Waals surface area contributed by atoms with Crippen LogP contribution in [0, 0.1) is 11.8 Å². The van der Waals surface area contributed by atoms with E-state index in [1.54, 1.807) is 0 Å². The van der Waals surface area contributed by atoms with Gasteiger partial charge in [0.05, 0.1) is 5.92 Å². The maximum Gasteiger partial charge on any atom is 0.227 e. The number of nitrogens with two attached hydrogens (primary N) is 1. The number of rotatable bonds is 2. The van der Waals surface area contributed by atoms with E-state index in [0.717, 1.165) is 19.5 Å². The fraction of sp³-hybridized carbons (Fsp3) is 0.875. The number of carbonyl (C=O) groups excluding carboxylic acids is 1. The van der Waals surface area contributed by atoms with E-state index in [0.29, 0.717) is 11.8 Å². The van der Waals surface area contributed by atoms with Gasteiger partial charge in [0.2, 0.25) is 5.91 Å². The SMILES string of the molecule is CCCN1CC2C(N)C2C1=O. The van der Waals surface area contributed by atoms with Gasteiger partial charge in [-0.2, -0.15) is 0 Å². The standard InChI is InChI=1S/C8H14N2O/c1-2-3-10-4-5-6(7(5)9)8(10)11/h5-7H,2-4,9H2,1H3. The number of fused-ring (bicyclic) bond motifs is 1. The van der Waals surface area contributed by atoms with Gasteiger partial charge in [-0.1, -0.05) is 6.92 Å². The van der Waals surface area contributed by atoms with Crippen molar-refractivity contribution >= 4 is 5.91 Å². The fourth-order valence-corrected chi connectivity index (χ4v) is 2.01. The van der Waals surface area contributed by atoms with E-state index >= 15 is 0 Å². The minimum absolute atomic E-state index is 0.190. The average Bonchev–Trinajstić information content (AvgIpc) is 2.45. The first kappa shape index (κ1) is 7.10. The lowest BCUT2D eigenvalue weighted by atomic mass is 10.3. The summed E-state index contributed by atoms with van der Waals surface area (Å²) < 4.78 is 0. The van der Waals surface area contributed by atoms with E-state index in [4.69, 9.17) is 5.73 Å². The monoisotopic (exact) mass is 154 g/mol. The third-order valence-electron chi connectivity index (χ3n) is 2.75. The summed E-state index contributed by atoms with van der Waals surface area (Å²) in [6, 6.07) is 0.190. The third-order valence-corrected chi connectivity index (χ3v) is 2.75. The van der Waals surface area contributed by atoms with Gasteiger partial charge in [0.25, 0.3) is 0 Å². The van der Waals surface area contributed by atoms with Crippen molar-refractivity contribution < 1.29 is 4.79 Å². The molecule has 3 nitrogen and oxygen atoms in total. The first-order chi connectivity index (χ1) is 5.25. The van der Waals surface area contributed by atoms with Crippen molar-refractivity contribution in [2.24, 2.45) is 17.6 Å². The zero-order chi connectivity index (χ0) is 8.01. The van der Waals surface area contributed by atoms with E-state index in [1.807, 2.05) is 4.90 Å². The van der Waals surface area contributed by atoms with Crippen molar-refractivity contribution in [2.45, 2.75) is 19.4 Å². The predicted octanol–water partition coefficient (Wildman–Crippen LogP) is -0.188. The Balaban J connectivity index is 1.96. The molecular formula is C8H14N2O. The second-order valence-corrected chi connectivity index (χ2v) is 3.55. The van der Waals surface area contributed by atoms with Crippen LogP contribution in [0.1, 0.15) is 13.3 Å². The molecule has 2 fully saturated rings. The molecule has 3 heteroatoms. The molecule has 2 rings (SSSR count). The minimum Gasteiger partial charge on any atom is -0.342 e. The molecule has 3 unspecified atom stereocenters. The van der Waals surface area contributed by atoms with E-state index in [2.05, 4.69) is 6.92 Å². The Hall–Kier alpha value is -0.570. The quantitative estimate of drug-likeness (QED) is 0.599. The van der Waals surface area contributed by atoms with Gasteiger partial charge in [0.1, 0.15) is 0 Å². The highest BCUT2D eigenvalue weighted by Crippen LogP contribution is 2.44. The van der Waals surface area contributed by atoms with Crippen molar-refractivity contribution in [3.8, 4) is 0 Å². The van der Waals surface area contributed by atoms with Crippen LogP contribution in [0.3, 0.4) is 0 Å². The maximum absolute atomic E-state index is 11.4. The molecule has 62 valence electrons. The summed E-state index contributed by atoms with van der Waals surface area (Å²) in [6.07, 6.45) is 1.06. The van der Waals surface area contributed by atoms with Crippen LogP contribution in [0.15, 0.2) is 0 Å².